The summed E-state index contributed by atoms with van der Waals surface area (Å²) in [5.41, 5.74) is -0.0207. The van der Waals surface area contributed by atoms with Crippen molar-refractivity contribution in [3.8, 4) is 5.75 Å². The van der Waals surface area contributed by atoms with Crippen molar-refractivity contribution in [1.82, 2.24) is 9.88 Å². The number of aromatic amines is 1. The van der Waals surface area contributed by atoms with Gasteiger partial charge in [0.1, 0.15) is 5.75 Å². The number of carboxylic acid groups (broad SMARTS) is 1. The largest absolute Gasteiger partial charge is 0.484 e. The number of benzene rings is 2. The summed E-state index contributed by atoms with van der Waals surface area (Å²) in [5, 5.41) is 12.2. The number of ether oxygens (including phenoxy) is 1. The van der Waals surface area contributed by atoms with Gasteiger partial charge in [-0.15, -0.1) is 11.8 Å². The fraction of sp³-hybridized carbons (Fsp3) is 0.387. The molecule has 10 nitrogen and oxygen atoms in total. The number of amides is 3. The van der Waals surface area contributed by atoms with Gasteiger partial charge in [0.15, 0.2) is 6.61 Å². The van der Waals surface area contributed by atoms with Gasteiger partial charge in [-0.05, 0) is 60.1 Å². The molecule has 3 heterocycles. The Morgan fingerprint density at radius 3 is 2.46 bits per heavy atom. The van der Waals surface area contributed by atoms with Gasteiger partial charge in [-0.25, -0.2) is 0 Å². The molecule has 240 valence electrons. The van der Waals surface area contributed by atoms with Crippen LogP contribution in [0.3, 0.4) is 0 Å². The second kappa shape index (κ2) is 11.3. The standard InChI is InChI=1S/C31H26F3N3O7S2/c32-31(33,34)14-2-1-3-15(10-14)35-19(38)12-44-16-6-4-13(5-7-16)21-22-17-11-18(25(22)45-27-26(21)46-30(43)36-27)24-23(17)28(41)37(29(24)42)9-8-20(39)40/h1-7,10,17-18,21-25H,8-9,11-12H2,(H,35,38)(H,36,43)(H,39,40)/t17?,18?,21-,22?,23?,24?,25?/m1/s1. The van der Waals surface area contributed by atoms with Crippen LogP contribution in [0.1, 0.15) is 34.8 Å². The summed E-state index contributed by atoms with van der Waals surface area (Å²) >= 11 is 2.66. The van der Waals surface area contributed by atoms with Crippen LogP contribution >= 0.6 is 23.1 Å². The molecule has 3 N–H and O–H groups in total. The maximum atomic E-state index is 13.5. The van der Waals surface area contributed by atoms with Crippen LogP contribution in [0.15, 0.2) is 58.4 Å². The van der Waals surface area contributed by atoms with E-state index >= 15 is 0 Å². The van der Waals surface area contributed by atoms with Crippen molar-refractivity contribution >= 4 is 52.5 Å². The number of alkyl halides is 3. The van der Waals surface area contributed by atoms with Crippen molar-refractivity contribution in [1.29, 1.82) is 0 Å². The van der Waals surface area contributed by atoms with Crippen molar-refractivity contribution < 1.29 is 42.2 Å². The molecule has 46 heavy (non-hydrogen) atoms. The SMILES string of the molecule is O=C(O)CCN1C(=O)C2C3CC(C2C1=O)C1C3Sc2[nH]c(=O)sc2[C@@H]1c1ccc(OCC(=O)Nc2cccc(C(F)(F)F)c2)cc1. The highest BCUT2D eigenvalue weighted by Crippen LogP contribution is 2.68. The number of H-pyrrole nitrogens is 1. The fourth-order valence-electron chi connectivity index (χ4n) is 7.77. The maximum Gasteiger partial charge on any atom is 0.416 e. The van der Waals surface area contributed by atoms with Crippen LogP contribution in [0.5, 0.6) is 5.75 Å². The highest BCUT2D eigenvalue weighted by Gasteiger charge is 2.69. The minimum atomic E-state index is -4.54. The zero-order valence-corrected chi connectivity index (χ0v) is 25.4. The lowest BCUT2D eigenvalue weighted by molar-refractivity contribution is -0.143. The Hall–Kier alpha value is -4.11. The summed E-state index contributed by atoms with van der Waals surface area (Å²) in [5.74, 6) is -3.50. The van der Waals surface area contributed by atoms with Gasteiger partial charge in [0.2, 0.25) is 11.8 Å². The monoisotopic (exact) mass is 673 g/mol. The first-order chi connectivity index (χ1) is 21.9. The minimum Gasteiger partial charge on any atom is -0.484 e. The summed E-state index contributed by atoms with van der Waals surface area (Å²) in [6.45, 7) is -0.587. The number of thiazole rings is 1. The zero-order valence-electron chi connectivity index (χ0n) is 23.8. The van der Waals surface area contributed by atoms with E-state index in [0.29, 0.717) is 12.2 Å². The number of carbonyl (C=O) groups excluding carboxylic acids is 3. The van der Waals surface area contributed by atoms with E-state index in [0.717, 1.165) is 43.8 Å². The Bertz CT molecular complexity index is 1810. The zero-order chi connectivity index (χ0) is 32.5. The number of halogens is 3. The molecule has 4 aliphatic rings. The van der Waals surface area contributed by atoms with E-state index in [1.165, 1.54) is 12.1 Å². The smallest absolute Gasteiger partial charge is 0.416 e. The van der Waals surface area contributed by atoms with E-state index in [4.69, 9.17) is 9.84 Å². The molecule has 2 aromatic carbocycles. The number of anilines is 1. The summed E-state index contributed by atoms with van der Waals surface area (Å²) in [4.78, 5) is 67.5. The first-order valence-electron chi connectivity index (χ1n) is 14.6. The second-order valence-electron chi connectivity index (χ2n) is 11.9. The van der Waals surface area contributed by atoms with Crippen molar-refractivity contribution in [2.75, 3.05) is 18.5 Å². The predicted molar refractivity (Wildman–Crippen MR) is 159 cm³/mol. The van der Waals surface area contributed by atoms with Crippen molar-refractivity contribution in [2.45, 2.75) is 35.2 Å². The number of fused-ring (bicyclic) bond motifs is 9. The van der Waals surface area contributed by atoms with E-state index in [1.807, 2.05) is 12.1 Å². The maximum absolute atomic E-state index is 13.5. The lowest BCUT2D eigenvalue weighted by atomic mass is 9.68. The first-order valence-corrected chi connectivity index (χ1v) is 16.3. The van der Waals surface area contributed by atoms with Crippen LogP contribution in [0.2, 0.25) is 0 Å². The molecule has 6 unspecified atom stereocenters. The Morgan fingerprint density at radius 2 is 1.76 bits per heavy atom. The molecule has 3 aromatic rings. The molecule has 15 heteroatoms. The molecule has 2 aliphatic heterocycles. The van der Waals surface area contributed by atoms with Crippen LogP contribution in [0.25, 0.3) is 0 Å². The number of carboxylic acids is 1. The summed E-state index contributed by atoms with van der Waals surface area (Å²) in [7, 11) is 0. The van der Waals surface area contributed by atoms with Crippen LogP contribution in [0.4, 0.5) is 18.9 Å². The molecule has 1 aromatic heterocycles. The number of nitrogens with zero attached hydrogens (tertiary/aromatic N) is 1. The average molecular weight is 674 g/mol. The number of hydrogen-bond acceptors (Lipinski definition) is 8. The number of aromatic nitrogens is 1. The topological polar surface area (TPSA) is 146 Å². The van der Waals surface area contributed by atoms with Gasteiger partial charge in [0.25, 0.3) is 5.91 Å². The van der Waals surface area contributed by atoms with E-state index in [2.05, 4.69) is 10.3 Å². The third-order valence-corrected chi connectivity index (χ3v) is 12.0. The Morgan fingerprint density at radius 1 is 1.04 bits per heavy atom. The molecule has 7 atom stereocenters. The molecule has 2 saturated carbocycles. The number of hydrogen-bond donors (Lipinski definition) is 3. The van der Waals surface area contributed by atoms with E-state index < -0.39 is 42.1 Å². The molecule has 0 spiro atoms. The average Bonchev–Trinajstić information content (AvgIpc) is 3.74. The highest BCUT2D eigenvalue weighted by atomic mass is 32.2. The Balaban J connectivity index is 1.09. The molecular formula is C31H26F3N3O7S2. The minimum absolute atomic E-state index is 0.00894. The molecular weight excluding hydrogens is 647 g/mol. The number of carbonyl (C=O) groups is 4. The number of nitrogens with one attached hydrogen (secondary N) is 2. The summed E-state index contributed by atoms with van der Waals surface area (Å²) in [6.07, 6.45) is -4.16. The third kappa shape index (κ3) is 5.18. The van der Waals surface area contributed by atoms with Crippen LogP contribution in [-0.2, 0) is 25.4 Å². The molecule has 2 bridgehead atoms. The molecule has 3 amide bonds. The second-order valence-corrected chi connectivity index (χ2v) is 14.1. The molecule has 7 rings (SSSR count). The number of aliphatic carboxylic acids is 1. The van der Waals surface area contributed by atoms with Gasteiger partial charge < -0.3 is 20.1 Å². The fourth-order valence-corrected chi connectivity index (χ4v) is 10.7. The van der Waals surface area contributed by atoms with Crippen LogP contribution in [0, 0.1) is 29.6 Å². The van der Waals surface area contributed by atoms with Crippen molar-refractivity contribution in [3.05, 3.63) is 74.2 Å². The van der Waals surface area contributed by atoms with Crippen molar-refractivity contribution in [2.24, 2.45) is 29.6 Å². The predicted octanol–water partition coefficient (Wildman–Crippen LogP) is 4.42. The van der Waals surface area contributed by atoms with Crippen LogP contribution < -0.4 is 14.9 Å². The lowest BCUT2D eigenvalue weighted by Crippen LogP contribution is -2.42. The van der Waals surface area contributed by atoms with E-state index in [-0.39, 0.29) is 64.3 Å². The van der Waals surface area contributed by atoms with Gasteiger partial charge in [0, 0.05) is 28.3 Å². The Kier molecular flexibility index (Phi) is 7.50. The lowest BCUT2D eigenvalue weighted by Gasteiger charge is -2.43. The molecule has 1 saturated heterocycles. The molecule has 3 fully saturated rings. The van der Waals surface area contributed by atoms with Gasteiger partial charge in [0.05, 0.1) is 28.8 Å². The normalized spacial score (nSPS) is 27.7. The third-order valence-electron chi connectivity index (χ3n) is 9.45. The van der Waals surface area contributed by atoms with Gasteiger partial charge in [-0.3, -0.25) is 28.9 Å². The number of rotatable bonds is 8. The van der Waals surface area contributed by atoms with Gasteiger partial charge in [-0.1, -0.05) is 29.5 Å². The summed E-state index contributed by atoms with van der Waals surface area (Å²) in [6, 6.07) is 11.3. The van der Waals surface area contributed by atoms with Crippen LogP contribution in [-0.4, -0.2) is 57.1 Å². The number of imide groups is 1. The summed E-state index contributed by atoms with van der Waals surface area (Å²) < 4.78 is 44.6. The number of thioether (sulfide) groups is 1. The Labute approximate surface area is 267 Å². The van der Waals surface area contributed by atoms with E-state index in [9.17, 15) is 37.1 Å². The highest BCUT2D eigenvalue weighted by molar-refractivity contribution is 8.00. The first kappa shape index (κ1) is 30.5. The quantitative estimate of drug-likeness (QED) is 0.298. The van der Waals surface area contributed by atoms with E-state index in [1.54, 1.807) is 23.9 Å². The molecule has 0 radical (unpaired) electrons. The number of likely N-dealkylation sites (tertiary alicyclic amines) is 1. The molecule has 2 aliphatic carbocycles. The van der Waals surface area contributed by atoms with Crippen molar-refractivity contribution in [3.63, 3.8) is 0 Å². The van der Waals surface area contributed by atoms with Gasteiger partial charge in [-0.2, -0.15) is 13.2 Å². The van der Waals surface area contributed by atoms with Gasteiger partial charge >= 0.3 is 17.0 Å².